The molecule has 2 aliphatic heterocycles. The lowest BCUT2D eigenvalue weighted by Gasteiger charge is -2.43. The van der Waals surface area contributed by atoms with Crippen LogP contribution in [0.25, 0.3) is 0 Å². The van der Waals surface area contributed by atoms with Crippen LogP contribution in [0.2, 0.25) is 0 Å². The Kier molecular flexibility index (Phi) is 7.01. The zero-order valence-corrected chi connectivity index (χ0v) is 21.0. The van der Waals surface area contributed by atoms with Crippen molar-refractivity contribution in [2.75, 3.05) is 44.1 Å². The molecular formula is C24H29BrN4O5. The van der Waals surface area contributed by atoms with Crippen molar-refractivity contribution in [2.24, 2.45) is 0 Å². The number of likely N-dealkylation sites (tertiary alicyclic amines) is 1. The summed E-state index contributed by atoms with van der Waals surface area (Å²) in [5.41, 5.74) is -1.50. The fraction of sp³-hybridized carbons (Fsp3) is 0.417. The third kappa shape index (κ3) is 4.21. The Morgan fingerprint density at radius 1 is 1.26 bits per heavy atom. The van der Waals surface area contributed by atoms with E-state index >= 15 is 0 Å². The van der Waals surface area contributed by atoms with Gasteiger partial charge < -0.3 is 25.2 Å². The lowest BCUT2D eigenvalue weighted by atomic mass is 9.94. The lowest BCUT2D eigenvalue weighted by molar-refractivity contribution is -0.140. The van der Waals surface area contributed by atoms with Gasteiger partial charge in [-0.3, -0.25) is 9.69 Å². The number of halogens is 1. The van der Waals surface area contributed by atoms with Crippen molar-refractivity contribution in [3.63, 3.8) is 0 Å². The van der Waals surface area contributed by atoms with Crippen LogP contribution in [-0.4, -0.2) is 61.8 Å². The Labute approximate surface area is 207 Å². The molecule has 2 atom stereocenters. The van der Waals surface area contributed by atoms with Crippen molar-refractivity contribution < 1.29 is 24.2 Å². The number of methoxy groups -OCH3 is 2. The number of hydrogen-bond acceptors (Lipinski definition) is 6. The molecule has 10 heteroatoms. The van der Waals surface area contributed by atoms with E-state index in [9.17, 15) is 14.7 Å². The first-order valence-electron chi connectivity index (χ1n) is 11.2. The highest BCUT2D eigenvalue weighted by atomic mass is 79.9. The van der Waals surface area contributed by atoms with Crippen LogP contribution >= 0.6 is 15.9 Å². The van der Waals surface area contributed by atoms with Crippen LogP contribution in [0.4, 0.5) is 16.2 Å². The SMILES string of the molecule is CCN1CCC[C@@H]1CNC(=O)[C@@]1(O)c2cc(Br)ccc2NC(=O)N1c1ccc(OC)cc1OC. The number of nitrogens with one attached hydrogen (secondary N) is 2. The number of carbonyl (C=O) groups is 2. The summed E-state index contributed by atoms with van der Waals surface area (Å²) in [5.74, 6) is 0.0877. The molecule has 3 amide bonds. The highest BCUT2D eigenvalue weighted by Gasteiger charge is 2.53. The van der Waals surface area contributed by atoms with Gasteiger partial charge in [-0.1, -0.05) is 22.9 Å². The maximum Gasteiger partial charge on any atom is 0.329 e. The predicted octanol–water partition coefficient (Wildman–Crippen LogP) is 3.26. The molecule has 2 aromatic carbocycles. The average molecular weight is 533 g/mol. The summed E-state index contributed by atoms with van der Waals surface area (Å²) in [5, 5.41) is 17.8. The van der Waals surface area contributed by atoms with Gasteiger partial charge in [0.25, 0.3) is 11.6 Å². The third-order valence-corrected chi connectivity index (χ3v) is 6.97. The second-order valence-electron chi connectivity index (χ2n) is 8.30. The molecule has 3 N–H and O–H groups in total. The number of amides is 3. The Balaban J connectivity index is 1.78. The third-order valence-electron chi connectivity index (χ3n) is 6.47. The van der Waals surface area contributed by atoms with E-state index in [2.05, 4.69) is 38.4 Å². The van der Waals surface area contributed by atoms with Gasteiger partial charge in [-0.05, 0) is 56.3 Å². The molecule has 2 heterocycles. The molecule has 0 bridgehead atoms. The number of ether oxygens (including phenoxy) is 2. The van der Waals surface area contributed by atoms with Gasteiger partial charge in [-0.2, -0.15) is 0 Å². The van der Waals surface area contributed by atoms with Crippen molar-refractivity contribution in [2.45, 2.75) is 31.5 Å². The molecule has 0 aliphatic carbocycles. The number of rotatable bonds is 7. The lowest BCUT2D eigenvalue weighted by Crippen LogP contribution is -2.63. The van der Waals surface area contributed by atoms with Gasteiger partial charge in [-0.25, -0.2) is 9.69 Å². The minimum Gasteiger partial charge on any atom is -0.497 e. The standard InChI is InChI=1S/C24H29BrN4O5/c1-4-28-11-5-6-16(28)14-26-22(30)24(32)18-12-15(25)7-9-19(18)27-23(31)29(24)20-10-8-17(33-2)13-21(20)34-3/h7-10,12-13,16,32H,4-6,11,14H2,1-3H3,(H,26,30)(H,27,31)/t16-,24+/m1/s1. The summed E-state index contributed by atoms with van der Waals surface area (Å²) in [6.07, 6.45) is 2.02. The summed E-state index contributed by atoms with van der Waals surface area (Å²) >= 11 is 3.42. The first-order chi connectivity index (χ1) is 16.3. The zero-order valence-electron chi connectivity index (χ0n) is 19.4. The van der Waals surface area contributed by atoms with E-state index in [1.807, 2.05) is 0 Å². The highest BCUT2D eigenvalue weighted by Crippen LogP contribution is 2.44. The normalized spacial score (nSPS) is 22.2. The number of anilines is 2. The Bertz CT molecular complexity index is 1100. The number of urea groups is 1. The molecule has 1 fully saturated rings. The molecule has 182 valence electrons. The topological polar surface area (TPSA) is 103 Å². The van der Waals surface area contributed by atoms with Crippen LogP contribution in [-0.2, 0) is 10.5 Å². The molecule has 0 spiro atoms. The van der Waals surface area contributed by atoms with E-state index in [0.29, 0.717) is 22.5 Å². The van der Waals surface area contributed by atoms with Crippen LogP contribution in [0.1, 0.15) is 25.3 Å². The largest absolute Gasteiger partial charge is 0.497 e. The van der Waals surface area contributed by atoms with Gasteiger partial charge >= 0.3 is 6.03 Å². The Morgan fingerprint density at radius 2 is 2.06 bits per heavy atom. The zero-order chi connectivity index (χ0) is 24.5. The quantitative estimate of drug-likeness (QED) is 0.505. The van der Waals surface area contributed by atoms with Gasteiger partial charge in [0.2, 0.25) is 0 Å². The van der Waals surface area contributed by atoms with E-state index in [4.69, 9.17) is 9.47 Å². The maximum absolute atomic E-state index is 13.7. The van der Waals surface area contributed by atoms with Crippen LogP contribution < -0.4 is 25.0 Å². The molecule has 0 saturated carbocycles. The summed E-state index contributed by atoms with van der Waals surface area (Å²) in [7, 11) is 2.96. The van der Waals surface area contributed by atoms with Crippen LogP contribution in [0.5, 0.6) is 11.5 Å². The van der Waals surface area contributed by atoms with E-state index in [1.54, 1.807) is 36.4 Å². The maximum atomic E-state index is 13.7. The molecule has 2 aliphatic rings. The van der Waals surface area contributed by atoms with Crippen molar-refractivity contribution in [1.82, 2.24) is 10.2 Å². The minimum absolute atomic E-state index is 0.181. The minimum atomic E-state index is -2.32. The van der Waals surface area contributed by atoms with Crippen molar-refractivity contribution in [3.8, 4) is 11.5 Å². The summed E-state index contributed by atoms with van der Waals surface area (Å²) in [6, 6.07) is 9.34. The molecule has 0 radical (unpaired) electrons. The molecule has 34 heavy (non-hydrogen) atoms. The van der Waals surface area contributed by atoms with E-state index in [1.165, 1.54) is 14.2 Å². The second kappa shape index (κ2) is 9.81. The molecule has 1 saturated heterocycles. The van der Waals surface area contributed by atoms with Crippen LogP contribution in [0.3, 0.4) is 0 Å². The van der Waals surface area contributed by atoms with Crippen molar-refractivity contribution >= 4 is 39.2 Å². The summed E-state index contributed by atoms with van der Waals surface area (Å²) in [4.78, 5) is 30.4. The highest BCUT2D eigenvalue weighted by molar-refractivity contribution is 9.10. The number of aliphatic hydroxyl groups is 1. The van der Waals surface area contributed by atoms with E-state index in [0.717, 1.165) is 30.8 Å². The first kappa shape index (κ1) is 24.3. The predicted molar refractivity (Wildman–Crippen MR) is 132 cm³/mol. The molecule has 4 rings (SSSR count). The molecule has 9 nitrogen and oxygen atoms in total. The average Bonchev–Trinajstić information content (AvgIpc) is 3.30. The van der Waals surface area contributed by atoms with E-state index in [-0.39, 0.29) is 23.0 Å². The number of benzene rings is 2. The number of nitrogens with zero attached hydrogens (tertiary/aromatic N) is 2. The summed E-state index contributed by atoms with van der Waals surface area (Å²) in [6.45, 7) is 4.32. The van der Waals surface area contributed by atoms with Gasteiger partial charge in [0.1, 0.15) is 11.5 Å². The fourth-order valence-corrected chi connectivity index (χ4v) is 5.07. The fourth-order valence-electron chi connectivity index (χ4n) is 4.71. The second-order valence-corrected chi connectivity index (χ2v) is 9.22. The summed E-state index contributed by atoms with van der Waals surface area (Å²) < 4.78 is 11.4. The number of likely N-dealkylation sites (N-methyl/N-ethyl adjacent to an activating group) is 1. The molecule has 0 aromatic heterocycles. The number of fused-ring (bicyclic) bond motifs is 1. The van der Waals surface area contributed by atoms with Crippen molar-refractivity contribution in [1.29, 1.82) is 0 Å². The van der Waals surface area contributed by atoms with Gasteiger partial charge in [0.05, 0.1) is 25.6 Å². The Morgan fingerprint density at radius 3 is 2.76 bits per heavy atom. The van der Waals surface area contributed by atoms with Gasteiger partial charge in [0.15, 0.2) is 0 Å². The molecule has 0 unspecified atom stereocenters. The molecular weight excluding hydrogens is 504 g/mol. The van der Waals surface area contributed by atoms with Gasteiger partial charge in [0, 0.05) is 28.7 Å². The van der Waals surface area contributed by atoms with E-state index < -0.39 is 17.7 Å². The monoisotopic (exact) mass is 532 g/mol. The molecule has 2 aromatic rings. The van der Waals surface area contributed by atoms with Gasteiger partial charge in [-0.15, -0.1) is 0 Å². The first-order valence-corrected chi connectivity index (χ1v) is 12.0. The van der Waals surface area contributed by atoms with Crippen LogP contribution in [0, 0.1) is 0 Å². The Hall–Kier alpha value is -2.82. The smallest absolute Gasteiger partial charge is 0.329 e. The number of hydrogen-bond donors (Lipinski definition) is 3. The van der Waals surface area contributed by atoms with Crippen molar-refractivity contribution in [3.05, 3.63) is 46.4 Å². The van der Waals surface area contributed by atoms with Crippen LogP contribution in [0.15, 0.2) is 40.9 Å². The number of carbonyl (C=O) groups excluding carboxylic acids is 2.